The number of carbonyl (C=O) groups excluding carboxylic acids is 1. The van der Waals surface area contributed by atoms with Gasteiger partial charge in [0.15, 0.2) is 6.61 Å². The fraction of sp³-hybridized carbons (Fsp3) is 0.269. The van der Waals surface area contributed by atoms with E-state index >= 15 is 0 Å². The van der Waals surface area contributed by atoms with Crippen molar-refractivity contribution in [3.63, 3.8) is 0 Å². The Labute approximate surface area is 202 Å². The molecule has 2 aromatic heterocycles. The van der Waals surface area contributed by atoms with E-state index in [1.807, 2.05) is 65.7 Å². The van der Waals surface area contributed by atoms with Gasteiger partial charge in [0.2, 0.25) is 5.82 Å². The van der Waals surface area contributed by atoms with Crippen molar-refractivity contribution in [3.05, 3.63) is 77.2 Å². The molecule has 0 radical (unpaired) electrons. The van der Waals surface area contributed by atoms with Crippen LogP contribution in [0.3, 0.4) is 0 Å². The van der Waals surface area contributed by atoms with Crippen molar-refractivity contribution >= 4 is 17.2 Å². The molecule has 0 aliphatic carbocycles. The largest absolute Gasteiger partial charge is 0.484 e. The number of aryl methyl sites for hydroxylation is 1. The molecule has 1 aliphatic heterocycles. The number of benzene rings is 2. The number of rotatable bonds is 7. The molecule has 1 fully saturated rings. The molecule has 174 valence electrons. The number of hydrogen-bond acceptors (Lipinski definition) is 7. The van der Waals surface area contributed by atoms with Crippen LogP contribution in [0.5, 0.6) is 5.75 Å². The topological polar surface area (TPSA) is 71.7 Å². The van der Waals surface area contributed by atoms with Gasteiger partial charge in [0, 0.05) is 38.3 Å². The molecule has 4 aromatic rings. The Morgan fingerprint density at radius 3 is 2.71 bits per heavy atom. The molecule has 7 nitrogen and oxygen atoms in total. The molecule has 1 aliphatic rings. The smallest absolute Gasteiger partial charge is 0.268 e. The Bertz CT molecular complexity index is 1250. The second-order valence-corrected chi connectivity index (χ2v) is 9.26. The fourth-order valence-electron chi connectivity index (χ4n) is 4.01. The third-order valence-corrected chi connectivity index (χ3v) is 6.78. The van der Waals surface area contributed by atoms with Crippen LogP contribution in [0.4, 0.5) is 0 Å². The van der Waals surface area contributed by atoms with E-state index in [2.05, 4.69) is 27.2 Å². The summed E-state index contributed by atoms with van der Waals surface area (Å²) in [6.45, 7) is 5.91. The second kappa shape index (κ2) is 10.2. The van der Waals surface area contributed by atoms with E-state index < -0.39 is 0 Å². The maximum absolute atomic E-state index is 12.6. The molecule has 1 amide bonds. The Morgan fingerprint density at radius 2 is 1.91 bits per heavy atom. The van der Waals surface area contributed by atoms with E-state index in [1.165, 1.54) is 5.56 Å². The number of thiophene rings is 1. The summed E-state index contributed by atoms with van der Waals surface area (Å²) in [5.74, 6) is 1.93. The molecule has 1 saturated heterocycles. The van der Waals surface area contributed by atoms with Gasteiger partial charge < -0.3 is 14.2 Å². The third kappa shape index (κ3) is 5.18. The number of aromatic nitrogens is 2. The molecule has 5 rings (SSSR count). The number of para-hydroxylation sites is 1. The van der Waals surface area contributed by atoms with Crippen LogP contribution in [-0.4, -0.2) is 58.6 Å². The van der Waals surface area contributed by atoms with Gasteiger partial charge in [0.1, 0.15) is 5.75 Å². The van der Waals surface area contributed by atoms with Crippen molar-refractivity contribution in [2.24, 2.45) is 0 Å². The van der Waals surface area contributed by atoms with Crippen molar-refractivity contribution in [3.8, 4) is 27.9 Å². The van der Waals surface area contributed by atoms with Gasteiger partial charge in [-0.1, -0.05) is 47.6 Å². The Kier molecular flexibility index (Phi) is 6.69. The Hall–Kier alpha value is -3.49. The minimum absolute atomic E-state index is 0.0311. The highest BCUT2D eigenvalue weighted by Crippen LogP contribution is 2.26. The van der Waals surface area contributed by atoms with Crippen molar-refractivity contribution < 1.29 is 14.1 Å². The number of carbonyl (C=O) groups is 1. The summed E-state index contributed by atoms with van der Waals surface area (Å²) >= 11 is 1.58. The first kappa shape index (κ1) is 22.3. The fourth-order valence-corrected chi connectivity index (χ4v) is 4.66. The van der Waals surface area contributed by atoms with Crippen molar-refractivity contribution in [2.45, 2.75) is 13.5 Å². The summed E-state index contributed by atoms with van der Waals surface area (Å²) in [6.07, 6.45) is 0. The molecular weight excluding hydrogens is 448 g/mol. The van der Waals surface area contributed by atoms with Crippen LogP contribution in [-0.2, 0) is 11.3 Å². The maximum Gasteiger partial charge on any atom is 0.268 e. The molecule has 34 heavy (non-hydrogen) atoms. The summed E-state index contributed by atoms with van der Waals surface area (Å²) in [5, 5.41) is 6.15. The van der Waals surface area contributed by atoms with Crippen molar-refractivity contribution in [2.75, 3.05) is 32.8 Å². The highest BCUT2D eigenvalue weighted by atomic mass is 32.1. The first-order valence-corrected chi connectivity index (χ1v) is 12.2. The van der Waals surface area contributed by atoms with Gasteiger partial charge in [0.25, 0.3) is 11.8 Å². The Balaban J connectivity index is 1.14. The van der Waals surface area contributed by atoms with Crippen LogP contribution in [0.1, 0.15) is 11.1 Å². The quantitative estimate of drug-likeness (QED) is 0.393. The summed E-state index contributed by atoms with van der Waals surface area (Å²) in [7, 11) is 0. The maximum atomic E-state index is 12.6. The van der Waals surface area contributed by atoms with E-state index in [1.54, 1.807) is 11.3 Å². The molecule has 0 atom stereocenters. The molecule has 0 unspecified atom stereocenters. The predicted octanol–water partition coefficient (Wildman–Crippen LogP) is 4.50. The molecule has 8 heteroatoms. The normalized spacial score (nSPS) is 14.3. The molecule has 0 spiro atoms. The molecule has 2 aromatic carbocycles. The number of ether oxygens (including phenoxy) is 1. The van der Waals surface area contributed by atoms with Gasteiger partial charge in [0.05, 0.1) is 4.88 Å². The number of nitrogens with zero attached hydrogens (tertiary/aromatic N) is 4. The lowest BCUT2D eigenvalue weighted by Crippen LogP contribution is -2.49. The standard InChI is InChI=1S/C26H26N4O3S/c1-19-6-2-3-9-22(19)32-18-24(31)30-13-11-29(12-14-30)17-20-7-4-8-21(16-20)25-27-26(33-28-25)23-10-5-15-34-23/h2-10,15-16H,11-14,17-18H2,1H3. The number of amides is 1. The molecular formula is C26H26N4O3S. The summed E-state index contributed by atoms with van der Waals surface area (Å²) < 4.78 is 11.2. The molecule has 0 saturated carbocycles. The average Bonchev–Trinajstić information content (AvgIpc) is 3.56. The van der Waals surface area contributed by atoms with E-state index in [4.69, 9.17) is 9.26 Å². The molecule has 3 heterocycles. The minimum atomic E-state index is 0.0311. The van der Waals surface area contributed by atoms with E-state index in [0.717, 1.165) is 41.4 Å². The van der Waals surface area contributed by atoms with E-state index in [-0.39, 0.29) is 12.5 Å². The van der Waals surface area contributed by atoms with Crippen LogP contribution < -0.4 is 4.74 Å². The van der Waals surface area contributed by atoms with Gasteiger partial charge in [-0.25, -0.2) is 0 Å². The summed E-state index contributed by atoms with van der Waals surface area (Å²) in [6, 6.07) is 19.9. The summed E-state index contributed by atoms with van der Waals surface area (Å²) in [5.41, 5.74) is 3.15. The highest BCUT2D eigenvalue weighted by molar-refractivity contribution is 7.13. The predicted molar refractivity (Wildman–Crippen MR) is 132 cm³/mol. The number of hydrogen-bond donors (Lipinski definition) is 0. The highest BCUT2D eigenvalue weighted by Gasteiger charge is 2.22. The van der Waals surface area contributed by atoms with Crippen LogP contribution in [0.15, 0.2) is 70.6 Å². The van der Waals surface area contributed by atoms with Gasteiger partial charge in [-0.15, -0.1) is 11.3 Å². The van der Waals surface area contributed by atoms with Gasteiger partial charge in [-0.3, -0.25) is 9.69 Å². The lowest BCUT2D eigenvalue weighted by molar-refractivity contribution is -0.135. The zero-order valence-electron chi connectivity index (χ0n) is 19.0. The van der Waals surface area contributed by atoms with Crippen LogP contribution in [0.2, 0.25) is 0 Å². The SMILES string of the molecule is Cc1ccccc1OCC(=O)N1CCN(Cc2cccc(-c3noc(-c4cccs4)n3)c2)CC1. The van der Waals surface area contributed by atoms with Gasteiger partial charge in [-0.05, 0) is 41.6 Å². The van der Waals surface area contributed by atoms with Crippen LogP contribution in [0, 0.1) is 6.92 Å². The van der Waals surface area contributed by atoms with Crippen LogP contribution in [0.25, 0.3) is 22.2 Å². The summed E-state index contributed by atoms with van der Waals surface area (Å²) in [4.78, 5) is 22.4. The zero-order valence-corrected chi connectivity index (χ0v) is 19.8. The monoisotopic (exact) mass is 474 g/mol. The molecule has 0 bridgehead atoms. The first-order chi connectivity index (χ1) is 16.7. The van der Waals surface area contributed by atoms with Crippen molar-refractivity contribution in [1.82, 2.24) is 19.9 Å². The van der Waals surface area contributed by atoms with Gasteiger partial charge in [-0.2, -0.15) is 4.98 Å². The van der Waals surface area contributed by atoms with E-state index in [9.17, 15) is 4.79 Å². The van der Waals surface area contributed by atoms with Gasteiger partial charge >= 0.3 is 0 Å². The van der Waals surface area contributed by atoms with E-state index in [0.29, 0.717) is 24.8 Å². The number of piperazine rings is 1. The Morgan fingerprint density at radius 1 is 1.06 bits per heavy atom. The lowest BCUT2D eigenvalue weighted by atomic mass is 10.1. The zero-order chi connectivity index (χ0) is 23.3. The van der Waals surface area contributed by atoms with Crippen LogP contribution >= 0.6 is 11.3 Å². The first-order valence-electron chi connectivity index (χ1n) is 11.3. The molecule has 0 N–H and O–H groups in total. The lowest BCUT2D eigenvalue weighted by Gasteiger charge is -2.34. The second-order valence-electron chi connectivity index (χ2n) is 8.31. The minimum Gasteiger partial charge on any atom is -0.484 e. The van der Waals surface area contributed by atoms with Crippen molar-refractivity contribution in [1.29, 1.82) is 0 Å². The average molecular weight is 475 g/mol. The third-order valence-electron chi connectivity index (χ3n) is 5.92.